The van der Waals surface area contributed by atoms with E-state index in [9.17, 15) is 4.79 Å². The first kappa shape index (κ1) is 19.3. The molecule has 5 heteroatoms. The first-order valence-electron chi connectivity index (χ1n) is 7.65. The van der Waals surface area contributed by atoms with Gasteiger partial charge in [-0.2, -0.15) is 0 Å². The van der Waals surface area contributed by atoms with Gasteiger partial charge in [0.1, 0.15) is 0 Å². The van der Waals surface area contributed by atoms with E-state index in [-0.39, 0.29) is 18.3 Å². The van der Waals surface area contributed by atoms with Crippen LogP contribution in [0.5, 0.6) is 0 Å². The van der Waals surface area contributed by atoms with Crippen LogP contribution in [0, 0.1) is 13.8 Å². The first-order valence-corrected chi connectivity index (χ1v) is 7.65. The van der Waals surface area contributed by atoms with Gasteiger partial charge in [-0.15, -0.1) is 12.4 Å². The first-order chi connectivity index (χ1) is 10.5. The van der Waals surface area contributed by atoms with Crippen LogP contribution in [0.1, 0.15) is 27.3 Å². The SMILES string of the molecule is CNCCN(C)C(=O)c1cc(C)n(Cc2ccccc2)c1C.Cl. The molecule has 1 aromatic carbocycles. The van der Waals surface area contributed by atoms with E-state index in [0.29, 0.717) is 6.54 Å². The molecule has 0 aliphatic heterocycles. The summed E-state index contributed by atoms with van der Waals surface area (Å²) in [7, 11) is 3.74. The van der Waals surface area contributed by atoms with E-state index in [1.54, 1.807) is 4.90 Å². The molecular weight excluding hydrogens is 310 g/mol. The van der Waals surface area contributed by atoms with Gasteiger partial charge < -0.3 is 14.8 Å². The van der Waals surface area contributed by atoms with E-state index in [1.165, 1.54) is 5.56 Å². The predicted molar refractivity (Wildman–Crippen MR) is 97.6 cm³/mol. The van der Waals surface area contributed by atoms with Gasteiger partial charge in [0.15, 0.2) is 0 Å². The zero-order chi connectivity index (χ0) is 16.1. The summed E-state index contributed by atoms with van der Waals surface area (Å²) in [6.45, 7) is 6.38. The van der Waals surface area contributed by atoms with Crippen LogP contribution in [0.4, 0.5) is 0 Å². The fourth-order valence-corrected chi connectivity index (χ4v) is 2.61. The van der Waals surface area contributed by atoms with Crippen molar-refractivity contribution in [1.29, 1.82) is 0 Å². The van der Waals surface area contributed by atoms with Gasteiger partial charge in [0.05, 0.1) is 5.56 Å². The summed E-state index contributed by atoms with van der Waals surface area (Å²) in [4.78, 5) is 14.3. The summed E-state index contributed by atoms with van der Waals surface area (Å²) in [5, 5.41) is 3.07. The Kier molecular flexibility index (Phi) is 7.33. The summed E-state index contributed by atoms with van der Waals surface area (Å²) in [5.74, 6) is 0.0858. The van der Waals surface area contributed by atoms with Crippen molar-refractivity contribution >= 4 is 18.3 Å². The Morgan fingerprint density at radius 2 is 1.87 bits per heavy atom. The van der Waals surface area contributed by atoms with Gasteiger partial charge in [0.25, 0.3) is 5.91 Å². The minimum Gasteiger partial charge on any atom is -0.344 e. The molecule has 1 amide bonds. The van der Waals surface area contributed by atoms with Gasteiger partial charge >= 0.3 is 0 Å². The normalized spacial score (nSPS) is 10.3. The highest BCUT2D eigenvalue weighted by Crippen LogP contribution is 2.18. The van der Waals surface area contributed by atoms with Crippen LogP contribution in [0.3, 0.4) is 0 Å². The minimum atomic E-state index is 0. The van der Waals surface area contributed by atoms with Crippen LogP contribution in [-0.4, -0.2) is 42.6 Å². The topological polar surface area (TPSA) is 37.3 Å². The number of likely N-dealkylation sites (N-methyl/N-ethyl adjacent to an activating group) is 2. The number of amides is 1. The van der Waals surface area contributed by atoms with Crippen LogP contribution < -0.4 is 5.32 Å². The molecule has 4 nitrogen and oxygen atoms in total. The van der Waals surface area contributed by atoms with E-state index in [4.69, 9.17) is 0 Å². The van der Waals surface area contributed by atoms with Crippen molar-refractivity contribution in [3.63, 3.8) is 0 Å². The van der Waals surface area contributed by atoms with Gasteiger partial charge in [-0.1, -0.05) is 30.3 Å². The average Bonchev–Trinajstić information content (AvgIpc) is 2.81. The Morgan fingerprint density at radius 1 is 1.22 bits per heavy atom. The number of aromatic nitrogens is 1. The van der Waals surface area contributed by atoms with Gasteiger partial charge in [0, 0.05) is 38.1 Å². The number of halogens is 1. The smallest absolute Gasteiger partial charge is 0.255 e. The molecule has 2 rings (SSSR count). The molecule has 1 aromatic heterocycles. The molecule has 0 atom stereocenters. The number of benzene rings is 1. The van der Waals surface area contributed by atoms with Crippen LogP contribution in [-0.2, 0) is 6.54 Å². The molecule has 0 radical (unpaired) electrons. The van der Waals surface area contributed by atoms with Crippen molar-refractivity contribution in [2.24, 2.45) is 0 Å². The zero-order valence-corrected chi connectivity index (χ0v) is 15.1. The Labute approximate surface area is 144 Å². The monoisotopic (exact) mass is 335 g/mol. The lowest BCUT2D eigenvalue weighted by Crippen LogP contribution is -2.33. The third-order valence-electron chi connectivity index (χ3n) is 4.03. The van der Waals surface area contributed by atoms with Gasteiger partial charge in [-0.3, -0.25) is 4.79 Å². The van der Waals surface area contributed by atoms with Crippen LogP contribution in [0.2, 0.25) is 0 Å². The van der Waals surface area contributed by atoms with Crippen molar-refractivity contribution in [3.8, 4) is 0 Å². The van der Waals surface area contributed by atoms with Gasteiger partial charge in [0.2, 0.25) is 0 Å². The van der Waals surface area contributed by atoms with Crippen molar-refractivity contribution in [3.05, 3.63) is 58.9 Å². The molecule has 1 N–H and O–H groups in total. The van der Waals surface area contributed by atoms with E-state index < -0.39 is 0 Å². The van der Waals surface area contributed by atoms with E-state index >= 15 is 0 Å². The second-order valence-electron chi connectivity index (χ2n) is 5.69. The molecule has 0 aliphatic rings. The van der Waals surface area contributed by atoms with E-state index in [0.717, 1.165) is 30.0 Å². The summed E-state index contributed by atoms with van der Waals surface area (Å²) in [6.07, 6.45) is 0. The van der Waals surface area contributed by atoms with Crippen molar-refractivity contribution in [1.82, 2.24) is 14.8 Å². The minimum absolute atomic E-state index is 0. The lowest BCUT2D eigenvalue weighted by molar-refractivity contribution is 0.0796. The Morgan fingerprint density at radius 3 is 2.48 bits per heavy atom. The van der Waals surface area contributed by atoms with Crippen molar-refractivity contribution in [2.75, 3.05) is 27.2 Å². The molecule has 0 bridgehead atoms. The highest BCUT2D eigenvalue weighted by molar-refractivity contribution is 5.95. The summed E-state index contributed by atoms with van der Waals surface area (Å²) in [5.41, 5.74) is 4.19. The van der Waals surface area contributed by atoms with E-state index in [1.807, 2.05) is 45.3 Å². The molecule has 0 aliphatic carbocycles. The van der Waals surface area contributed by atoms with Crippen LogP contribution in [0.25, 0.3) is 0 Å². The maximum Gasteiger partial charge on any atom is 0.255 e. The number of aryl methyl sites for hydroxylation is 1. The number of hydrogen-bond donors (Lipinski definition) is 1. The lowest BCUT2D eigenvalue weighted by atomic mass is 10.2. The second-order valence-corrected chi connectivity index (χ2v) is 5.69. The van der Waals surface area contributed by atoms with Crippen LogP contribution >= 0.6 is 12.4 Å². The average molecular weight is 336 g/mol. The molecule has 0 saturated carbocycles. The third kappa shape index (κ3) is 4.60. The summed E-state index contributed by atoms with van der Waals surface area (Å²) in [6, 6.07) is 12.3. The third-order valence-corrected chi connectivity index (χ3v) is 4.03. The Balaban J connectivity index is 0.00000264. The number of hydrogen-bond acceptors (Lipinski definition) is 2. The molecule has 0 unspecified atom stereocenters. The second kappa shape index (κ2) is 8.75. The molecule has 0 saturated heterocycles. The maximum atomic E-state index is 12.6. The van der Waals surface area contributed by atoms with Crippen LogP contribution in [0.15, 0.2) is 36.4 Å². The molecular formula is C18H26ClN3O. The number of nitrogens with zero attached hydrogens (tertiary/aromatic N) is 2. The Hall–Kier alpha value is -1.78. The standard InChI is InChI=1S/C18H25N3O.ClH/c1-14-12-17(18(22)20(4)11-10-19-3)15(2)21(14)13-16-8-6-5-7-9-16;/h5-9,12,19H,10-11,13H2,1-4H3;1H. The molecule has 1 heterocycles. The number of carbonyl (C=O) groups excluding carboxylic acids is 1. The summed E-state index contributed by atoms with van der Waals surface area (Å²) < 4.78 is 2.20. The number of nitrogens with one attached hydrogen (secondary N) is 1. The Bertz CT molecular complexity index is 637. The van der Waals surface area contributed by atoms with Gasteiger partial charge in [-0.25, -0.2) is 0 Å². The molecule has 126 valence electrons. The highest BCUT2D eigenvalue weighted by atomic mass is 35.5. The molecule has 0 spiro atoms. The molecule has 0 fully saturated rings. The predicted octanol–water partition coefficient (Wildman–Crippen LogP) is 2.87. The van der Waals surface area contributed by atoms with Crippen molar-refractivity contribution in [2.45, 2.75) is 20.4 Å². The zero-order valence-electron chi connectivity index (χ0n) is 14.3. The van der Waals surface area contributed by atoms with E-state index in [2.05, 4.69) is 28.9 Å². The molecule has 2 aromatic rings. The largest absolute Gasteiger partial charge is 0.344 e. The maximum absolute atomic E-state index is 12.6. The summed E-state index contributed by atoms with van der Waals surface area (Å²) >= 11 is 0. The van der Waals surface area contributed by atoms with Crippen molar-refractivity contribution < 1.29 is 4.79 Å². The lowest BCUT2D eigenvalue weighted by Gasteiger charge is -2.17. The fraction of sp³-hybridized carbons (Fsp3) is 0.389. The molecule has 23 heavy (non-hydrogen) atoms. The fourth-order valence-electron chi connectivity index (χ4n) is 2.61. The number of rotatable bonds is 6. The number of carbonyl (C=O) groups is 1. The van der Waals surface area contributed by atoms with Gasteiger partial charge in [-0.05, 0) is 32.5 Å². The quantitative estimate of drug-likeness (QED) is 0.881. The highest BCUT2D eigenvalue weighted by Gasteiger charge is 2.18.